The van der Waals surface area contributed by atoms with Crippen molar-refractivity contribution in [3.05, 3.63) is 40.0 Å². The van der Waals surface area contributed by atoms with Crippen molar-refractivity contribution < 1.29 is 4.74 Å². The average Bonchev–Trinajstić information content (AvgIpc) is 2.28. The molecule has 0 atom stereocenters. The molecule has 2 N–H and O–H groups in total. The van der Waals surface area contributed by atoms with Gasteiger partial charge < -0.3 is 10.1 Å². The van der Waals surface area contributed by atoms with Gasteiger partial charge in [-0.1, -0.05) is 0 Å². The van der Waals surface area contributed by atoms with Crippen molar-refractivity contribution in [2.24, 2.45) is 0 Å². The molecule has 0 fully saturated rings. The predicted octanol–water partition coefficient (Wildman–Crippen LogP) is 2.83. The van der Waals surface area contributed by atoms with Crippen LogP contribution in [0.25, 0.3) is 0 Å². The van der Waals surface area contributed by atoms with Gasteiger partial charge in [0.05, 0.1) is 17.3 Å². The number of halogens is 1. The minimum Gasteiger partial charge on any atom is -0.496 e. The minimum atomic E-state index is 0.445. The molecule has 0 aliphatic rings. The minimum absolute atomic E-state index is 0.445. The van der Waals surface area contributed by atoms with Gasteiger partial charge in [-0.3, -0.25) is 5.41 Å². The van der Waals surface area contributed by atoms with E-state index in [2.05, 4.69) is 21.2 Å². The zero-order chi connectivity index (χ0) is 12.1. The van der Waals surface area contributed by atoms with Gasteiger partial charge in [0.15, 0.2) is 0 Å². The molecule has 0 aliphatic heterocycles. The second kappa shape index (κ2) is 5.70. The molecule has 0 unspecified atom stereocenters. The summed E-state index contributed by atoms with van der Waals surface area (Å²) in [5.41, 5.74) is 2.33. The highest BCUT2D eigenvalue weighted by molar-refractivity contribution is 9.12. The Labute approximate surface area is 104 Å². The Morgan fingerprint density at radius 2 is 2.19 bits per heavy atom. The summed E-state index contributed by atoms with van der Waals surface area (Å²) in [4.78, 5) is 0. The number of nitrogens with one attached hydrogen (secondary N) is 2. The Balaban J connectivity index is 3.02. The first kappa shape index (κ1) is 12.8. The lowest BCUT2D eigenvalue weighted by atomic mass is 10.1. The Morgan fingerprint density at radius 1 is 1.50 bits per heavy atom. The average molecular weight is 283 g/mol. The molecule has 1 rings (SSSR count). The molecular formula is C12H15BrN2O. The van der Waals surface area contributed by atoms with Gasteiger partial charge in [0.1, 0.15) is 5.75 Å². The standard InChI is InChI=1S/C12H15BrN2O/c1-8-6-9(4-5-11(8)16-3)12(14)10(13)7-15-2/h4-7,14-15H,1-3H3/b10-7+,14-12?. The largest absolute Gasteiger partial charge is 0.496 e. The SMILES string of the molecule is CN/C=C(/Br)C(=N)c1ccc(OC)c(C)c1. The Morgan fingerprint density at radius 3 is 2.69 bits per heavy atom. The third-order valence-electron chi connectivity index (χ3n) is 2.19. The van der Waals surface area contributed by atoms with Crippen molar-refractivity contribution in [2.45, 2.75) is 6.92 Å². The molecule has 1 aromatic carbocycles. The molecule has 0 saturated carbocycles. The first-order chi connectivity index (χ1) is 7.60. The van der Waals surface area contributed by atoms with Gasteiger partial charge in [0.25, 0.3) is 0 Å². The number of rotatable bonds is 4. The lowest BCUT2D eigenvalue weighted by Gasteiger charge is -2.08. The number of ether oxygens (including phenoxy) is 1. The van der Waals surface area contributed by atoms with Crippen LogP contribution < -0.4 is 10.1 Å². The number of benzene rings is 1. The molecule has 0 bridgehead atoms. The number of hydrogen-bond acceptors (Lipinski definition) is 3. The van der Waals surface area contributed by atoms with E-state index in [1.807, 2.05) is 25.1 Å². The van der Waals surface area contributed by atoms with Gasteiger partial charge in [-0.15, -0.1) is 0 Å². The maximum absolute atomic E-state index is 7.97. The molecular weight excluding hydrogens is 268 g/mol. The summed E-state index contributed by atoms with van der Waals surface area (Å²) in [6, 6.07) is 5.68. The highest BCUT2D eigenvalue weighted by Gasteiger charge is 2.07. The smallest absolute Gasteiger partial charge is 0.121 e. The van der Waals surface area contributed by atoms with Crippen LogP contribution in [0.4, 0.5) is 0 Å². The van der Waals surface area contributed by atoms with Crippen LogP contribution in [0.3, 0.4) is 0 Å². The van der Waals surface area contributed by atoms with E-state index in [4.69, 9.17) is 10.1 Å². The fourth-order valence-corrected chi connectivity index (χ4v) is 1.83. The maximum atomic E-state index is 7.97. The predicted molar refractivity (Wildman–Crippen MR) is 70.6 cm³/mol. The monoisotopic (exact) mass is 282 g/mol. The lowest BCUT2D eigenvalue weighted by molar-refractivity contribution is 0.411. The Kier molecular flexibility index (Phi) is 4.55. The second-order valence-corrected chi connectivity index (χ2v) is 4.19. The van der Waals surface area contributed by atoms with Crippen molar-refractivity contribution >= 4 is 21.6 Å². The van der Waals surface area contributed by atoms with Crippen LogP contribution in [0.5, 0.6) is 5.75 Å². The van der Waals surface area contributed by atoms with Crippen LogP contribution in [0.1, 0.15) is 11.1 Å². The maximum Gasteiger partial charge on any atom is 0.121 e. The molecule has 4 heteroatoms. The van der Waals surface area contributed by atoms with Crippen LogP contribution in [0, 0.1) is 12.3 Å². The zero-order valence-corrected chi connectivity index (χ0v) is 11.2. The van der Waals surface area contributed by atoms with Crippen molar-refractivity contribution in [1.82, 2.24) is 5.32 Å². The molecule has 0 amide bonds. The quantitative estimate of drug-likeness (QED) is 0.835. The second-order valence-electron chi connectivity index (χ2n) is 3.34. The van der Waals surface area contributed by atoms with Crippen molar-refractivity contribution in [2.75, 3.05) is 14.2 Å². The normalized spacial score (nSPS) is 11.1. The Hall–Kier alpha value is -1.29. The summed E-state index contributed by atoms with van der Waals surface area (Å²) < 4.78 is 5.90. The van der Waals surface area contributed by atoms with Crippen LogP contribution in [0.2, 0.25) is 0 Å². The summed E-state index contributed by atoms with van der Waals surface area (Å²) in [6.07, 6.45) is 1.74. The summed E-state index contributed by atoms with van der Waals surface area (Å²) in [7, 11) is 3.44. The van der Waals surface area contributed by atoms with Gasteiger partial charge in [-0.05, 0) is 46.6 Å². The van der Waals surface area contributed by atoms with E-state index in [0.29, 0.717) is 5.71 Å². The topological polar surface area (TPSA) is 45.1 Å². The summed E-state index contributed by atoms with van der Waals surface area (Å²) >= 11 is 3.34. The molecule has 0 aromatic heterocycles. The van der Waals surface area contributed by atoms with Crippen LogP contribution in [-0.4, -0.2) is 19.9 Å². The van der Waals surface area contributed by atoms with Crippen LogP contribution in [-0.2, 0) is 0 Å². The van der Waals surface area contributed by atoms with Crippen molar-refractivity contribution in [1.29, 1.82) is 5.41 Å². The molecule has 1 aromatic rings. The Bertz CT molecular complexity index is 427. The molecule has 0 heterocycles. The summed E-state index contributed by atoms with van der Waals surface area (Å²) in [5.74, 6) is 0.838. The molecule has 16 heavy (non-hydrogen) atoms. The van der Waals surface area contributed by atoms with E-state index in [0.717, 1.165) is 21.4 Å². The first-order valence-corrected chi connectivity index (χ1v) is 5.66. The molecule has 3 nitrogen and oxygen atoms in total. The molecule has 0 aliphatic carbocycles. The zero-order valence-electron chi connectivity index (χ0n) is 9.60. The van der Waals surface area contributed by atoms with Crippen molar-refractivity contribution in [3.63, 3.8) is 0 Å². The molecule has 0 radical (unpaired) electrons. The fourth-order valence-electron chi connectivity index (χ4n) is 1.37. The highest BCUT2D eigenvalue weighted by Crippen LogP contribution is 2.21. The van der Waals surface area contributed by atoms with E-state index in [1.165, 1.54) is 0 Å². The van der Waals surface area contributed by atoms with Crippen molar-refractivity contribution in [3.8, 4) is 5.75 Å². The van der Waals surface area contributed by atoms with Gasteiger partial charge >= 0.3 is 0 Å². The number of allylic oxidation sites excluding steroid dienone is 1. The van der Waals surface area contributed by atoms with E-state index in [1.54, 1.807) is 20.4 Å². The van der Waals surface area contributed by atoms with E-state index in [9.17, 15) is 0 Å². The van der Waals surface area contributed by atoms with Crippen LogP contribution >= 0.6 is 15.9 Å². The van der Waals surface area contributed by atoms with Gasteiger partial charge in [-0.25, -0.2) is 0 Å². The third kappa shape index (κ3) is 2.85. The first-order valence-electron chi connectivity index (χ1n) is 4.87. The summed E-state index contributed by atoms with van der Waals surface area (Å²) in [5, 5.41) is 10.8. The number of hydrogen-bond donors (Lipinski definition) is 2. The lowest BCUT2D eigenvalue weighted by Crippen LogP contribution is -2.04. The van der Waals surface area contributed by atoms with Crippen LogP contribution in [0.15, 0.2) is 28.9 Å². The molecule has 0 spiro atoms. The summed E-state index contributed by atoms with van der Waals surface area (Å²) in [6.45, 7) is 1.96. The number of aryl methyl sites for hydroxylation is 1. The van der Waals surface area contributed by atoms with E-state index < -0.39 is 0 Å². The van der Waals surface area contributed by atoms with E-state index in [-0.39, 0.29) is 0 Å². The number of methoxy groups -OCH3 is 1. The van der Waals surface area contributed by atoms with E-state index >= 15 is 0 Å². The van der Waals surface area contributed by atoms with Gasteiger partial charge in [0, 0.05) is 18.8 Å². The van der Waals surface area contributed by atoms with Gasteiger partial charge in [-0.2, -0.15) is 0 Å². The van der Waals surface area contributed by atoms with Gasteiger partial charge in [0.2, 0.25) is 0 Å². The third-order valence-corrected chi connectivity index (χ3v) is 2.82. The molecule has 86 valence electrons. The highest BCUT2D eigenvalue weighted by atomic mass is 79.9. The fraction of sp³-hybridized carbons (Fsp3) is 0.250. The molecule has 0 saturated heterocycles.